The van der Waals surface area contributed by atoms with E-state index in [0.717, 1.165) is 25.7 Å². The van der Waals surface area contributed by atoms with Gasteiger partial charge in [-0.15, -0.1) is 0 Å². The molecule has 33 heavy (non-hydrogen) atoms. The third-order valence-corrected chi connectivity index (χ3v) is 6.77. The average Bonchev–Trinajstić information content (AvgIpc) is 3.14. The van der Waals surface area contributed by atoms with Gasteiger partial charge in [0.25, 0.3) is 11.8 Å². The summed E-state index contributed by atoms with van der Waals surface area (Å²) in [7, 11) is 2.99. The van der Waals surface area contributed by atoms with Crippen molar-refractivity contribution in [3.63, 3.8) is 0 Å². The molecule has 0 radical (unpaired) electrons. The maximum Gasteiger partial charge on any atom is 0.264 e. The van der Waals surface area contributed by atoms with Crippen LogP contribution in [-0.2, 0) is 4.79 Å². The van der Waals surface area contributed by atoms with Crippen molar-refractivity contribution in [2.75, 3.05) is 25.7 Å². The van der Waals surface area contributed by atoms with Crippen molar-refractivity contribution in [3.8, 4) is 11.5 Å². The summed E-state index contributed by atoms with van der Waals surface area (Å²) in [5.74, 6) is -0.0167. The highest BCUT2D eigenvalue weighted by Crippen LogP contribution is 2.49. The smallest absolute Gasteiger partial charge is 0.264 e. The molecule has 1 fully saturated rings. The number of para-hydroxylation sites is 1. The third-order valence-electron chi connectivity index (χ3n) is 6.77. The van der Waals surface area contributed by atoms with Crippen LogP contribution in [0.25, 0.3) is 0 Å². The first-order chi connectivity index (χ1) is 16.0. The van der Waals surface area contributed by atoms with Gasteiger partial charge in [-0.3, -0.25) is 19.3 Å². The minimum Gasteiger partial charge on any atom is -0.493 e. The number of hydrogen-bond acceptors (Lipinski definition) is 5. The van der Waals surface area contributed by atoms with Crippen LogP contribution < -0.4 is 19.7 Å². The number of anilines is 1. The number of carbonyl (C=O) groups is 3. The molecule has 1 N–H and O–H groups in total. The lowest BCUT2D eigenvalue weighted by molar-refractivity contribution is -0.123. The van der Waals surface area contributed by atoms with Crippen molar-refractivity contribution < 1.29 is 23.9 Å². The molecule has 0 bridgehead atoms. The number of ether oxygens (including phenoxy) is 2. The molecule has 0 aromatic heterocycles. The fourth-order valence-electron chi connectivity index (χ4n) is 5.26. The molecule has 2 heterocycles. The number of fused-ring (bicyclic) bond motifs is 5. The van der Waals surface area contributed by atoms with Gasteiger partial charge in [0.2, 0.25) is 5.91 Å². The maximum absolute atomic E-state index is 13.6. The molecule has 5 rings (SSSR count). The summed E-state index contributed by atoms with van der Waals surface area (Å²) >= 11 is 0. The van der Waals surface area contributed by atoms with Gasteiger partial charge >= 0.3 is 0 Å². The summed E-state index contributed by atoms with van der Waals surface area (Å²) in [5.41, 5.74) is 1.89. The van der Waals surface area contributed by atoms with Gasteiger partial charge in [0.1, 0.15) is 12.7 Å². The van der Waals surface area contributed by atoms with Crippen molar-refractivity contribution in [1.82, 2.24) is 10.2 Å². The second kappa shape index (κ2) is 8.42. The van der Waals surface area contributed by atoms with Gasteiger partial charge in [0.05, 0.1) is 31.0 Å². The van der Waals surface area contributed by atoms with Gasteiger partial charge in [-0.1, -0.05) is 37.5 Å². The fourth-order valence-corrected chi connectivity index (χ4v) is 5.26. The first kappa shape index (κ1) is 21.3. The molecule has 172 valence electrons. The standard InChI is InChI=1S/C25H27N3O5/c1-32-19-13-12-17-21(22(19)33-2)25(31)28-18-11-7-6-10-16(18)24(30)27(23(17)28)14-20(29)26-15-8-4-3-5-9-15/h6-7,10-13,15,23H,3-5,8-9,14H2,1-2H3,(H,26,29). The van der Waals surface area contributed by atoms with Crippen molar-refractivity contribution >= 4 is 23.4 Å². The van der Waals surface area contributed by atoms with Crippen LogP contribution in [0.3, 0.4) is 0 Å². The van der Waals surface area contributed by atoms with E-state index in [-0.39, 0.29) is 30.3 Å². The Kier molecular flexibility index (Phi) is 5.44. The maximum atomic E-state index is 13.6. The number of nitrogens with zero attached hydrogens (tertiary/aromatic N) is 2. The largest absolute Gasteiger partial charge is 0.493 e. The molecular formula is C25H27N3O5. The van der Waals surface area contributed by atoms with Gasteiger partial charge in [-0.2, -0.15) is 0 Å². The molecule has 2 aromatic carbocycles. The zero-order chi connectivity index (χ0) is 23.1. The van der Waals surface area contributed by atoms with E-state index in [9.17, 15) is 14.4 Å². The highest BCUT2D eigenvalue weighted by atomic mass is 16.5. The molecule has 1 unspecified atom stereocenters. The molecule has 1 saturated carbocycles. The highest BCUT2D eigenvalue weighted by Gasteiger charge is 2.50. The lowest BCUT2D eigenvalue weighted by Gasteiger charge is -2.40. The van der Waals surface area contributed by atoms with E-state index in [0.29, 0.717) is 33.9 Å². The highest BCUT2D eigenvalue weighted by molar-refractivity contribution is 6.18. The van der Waals surface area contributed by atoms with Crippen LogP contribution in [0.5, 0.6) is 11.5 Å². The molecule has 0 saturated heterocycles. The second-order valence-corrected chi connectivity index (χ2v) is 8.67. The lowest BCUT2D eigenvalue weighted by atomic mass is 9.95. The zero-order valence-electron chi connectivity index (χ0n) is 18.8. The number of methoxy groups -OCH3 is 2. The molecule has 1 aliphatic carbocycles. The molecule has 8 nitrogen and oxygen atoms in total. The second-order valence-electron chi connectivity index (χ2n) is 8.67. The first-order valence-electron chi connectivity index (χ1n) is 11.3. The quantitative estimate of drug-likeness (QED) is 0.757. The van der Waals surface area contributed by atoms with E-state index < -0.39 is 6.17 Å². The van der Waals surface area contributed by atoms with Crippen LogP contribution in [-0.4, -0.2) is 49.4 Å². The Morgan fingerprint density at radius 1 is 1.00 bits per heavy atom. The van der Waals surface area contributed by atoms with Crippen LogP contribution >= 0.6 is 0 Å². The van der Waals surface area contributed by atoms with Gasteiger partial charge < -0.3 is 19.7 Å². The Morgan fingerprint density at radius 2 is 1.76 bits per heavy atom. The third kappa shape index (κ3) is 3.41. The van der Waals surface area contributed by atoms with Gasteiger partial charge in [0, 0.05) is 11.6 Å². The van der Waals surface area contributed by atoms with Crippen LogP contribution in [0, 0.1) is 0 Å². The summed E-state index contributed by atoms with van der Waals surface area (Å²) in [4.78, 5) is 43.2. The van der Waals surface area contributed by atoms with Gasteiger partial charge in [-0.05, 0) is 31.0 Å². The predicted octanol–water partition coefficient (Wildman–Crippen LogP) is 3.27. The van der Waals surface area contributed by atoms with Crippen LogP contribution in [0.4, 0.5) is 5.69 Å². The SMILES string of the molecule is COc1ccc2c(c1OC)C(=O)N1c3ccccc3C(=O)N(CC(=O)NC3CCCCC3)C21. The topological polar surface area (TPSA) is 88.2 Å². The molecule has 2 aliphatic heterocycles. The van der Waals surface area contributed by atoms with E-state index in [1.165, 1.54) is 25.5 Å². The van der Waals surface area contributed by atoms with Crippen LogP contribution in [0.1, 0.15) is 64.5 Å². The summed E-state index contributed by atoms with van der Waals surface area (Å²) < 4.78 is 10.9. The molecule has 0 spiro atoms. The molecule has 3 amide bonds. The van der Waals surface area contributed by atoms with E-state index >= 15 is 0 Å². The number of carbonyl (C=O) groups excluding carboxylic acids is 3. The Bertz CT molecular complexity index is 1130. The molecule has 2 aromatic rings. The lowest BCUT2D eigenvalue weighted by Crippen LogP contribution is -2.52. The van der Waals surface area contributed by atoms with E-state index in [4.69, 9.17) is 9.47 Å². The predicted molar refractivity (Wildman–Crippen MR) is 122 cm³/mol. The summed E-state index contributed by atoms with van der Waals surface area (Å²) in [6, 6.07) is 10.6. The van der Waals surface area contributed by atoms with Crippen molar-refractivity contribution in [1.29, 1.82) is 0 Å². The van der Waals surface area contributed by atoms with Gasteiger partial charge in [0.15, 0.2) is 11.5 Å². The summed E-state index contributed by atoms with van der Waals surface area (Å²) in [6.45, 7) is -0.133. The Balaban J connectivity index is 1.56. The van der Waals surface area contributed by atoms with Crippen LogP contribution in [0.15, 0.2) is 36.4 Å². The van der Waals surface area contributed by atoms with Crippen molar-refractivity contribution in [2.24, 2.45) is 0 Å². The Hall–Kier alpha value is -3.55. The minimum atomic E-state index is -0.730. The average molecular weight is 450 g/mol. The van der Waals surface area contributed by atoms with Gasteiger partial charge in [-0.25, -0.2) is 0 Å². The molecule has 1 atom stereocenters. The zero-order valence-corrected chi connectivity index (χ0v) is 18.8. The normalized spacial score (nSPS) is 19.6. The van der Waals surface area contributed by atoms with Crippen molar-refractivity contribution in [3.05, 3.63) is 53.1 Å². The molecular weight excluding hydrogens is 422 g/mol. The number of amides is 3. The monoisotopic (exact) mass is 449 g/mol. The summed E-state index contributed by atoms with van der Waals surface area (Å²) in [5, 5.41) is 3.09. The summed E-state index contributed by atoms with van der Waals surface area (Å²) in [6.07, 6.45) is 4.57. The fraction of sp³-hybridized carbons (Fsp3) is 0.400. The molecule has 3 aliphatic rings. The minimum absolute atomic E-state index is 0.133. The number of rotatable bonds is 5. The first-order valence-corrected chi connectivity index (χ1v) is 11.3. The van der Waals surface area contributed by atoms with E-state index in [1.54, 1.807) is 41.3 Å². The van der Waals surface area contributed by atoms with Crippen LogP contribution in [0.2, 0.25) is 0 Å². The number of benzene rings is 2. The Labute approximate surface area is 192 Å². The number of hydrogen-bond donors (Lipinski definition) is 1. The van der Waals surface area contributed by atoms with E-state index in [2.05, 4.69) is 5.32 Å². The van der Waals surface area contributed by atoms with Crippen molar-refractivity contribution in [2.45, 2.75) is 44.3 Å². The Morgan fingerprint density at radius 3 is 2.48 bits per heavy atom. The molecule has 8 heteroatoms. The van der Waals surface area contributed by atoms with E-state index in [1.807, 2.05) is 0 Å². The number of nitrogens with one attached hydrogen (secondary N) is 1.